The third-order valence-electron chi connectivity index (χ3n) is 3.40. The molecule has 0 amide bonds. The van der Waals surface area contributed by atoms with Crippen LogP contribution in [0.1, 0.15) is 0 Å². The lowest BCUT2D eigenvalue weighted by molar-refractivity contribution is 0.929. The van der Waals surface area contributed by atoms with Crippen molar-refractivity contribution in [2.45, 2.75) is 0 Å². The van der Waals surface area contributed by atoms with Crippen LogP contribution in [0.5, 0.6) is 0 Å². The SMILES string of the molecule is Cn1cnc2cnc(-c3cn[nH]c3-c3ccccc3)nc21. The van der Waals surface area contributed by atoms with Gasteiger partial charge in [-0.15, -0.1) is 0 Å². The van der Waals surface area contributed by atoms with Crippen molar-refractivity contribution in [3.05, 3.63) is 49.1 Å². The molecule has 0 radical (unpaired) electrons. The normalized spacial score (nSPS) is 11.1. The largest absolute Gasteiger partial charge is 0.318 e. The maximum atomic E-state index is 4.59. The van der Waals surface area contributed by atoms with Gasteiger partial charge in [-0.1, -0.05) is 30.3 Å². The van der Waals surface area contributed by atoms with Gasteiger partial charge >= 0.3 is 0 Å². The van der Waals surface area contributed by atoms with Crippen LogP contribution in [0.3, 0.4) is 0 Å². The summed E-state index contributed by atoms with van der Waals surface area (Å²) in [5, 5.41) is 7.16. The van der Waals surface area contributed by atoms with Gasteiger partial charge in [0.1, 0.15) is 5.52 Å². The lowest BCUT2D eigenvalue weighted by Crippen LogP contribution is -1.94. The molecule has 102 valence electrons. The smallest absolute Gasteiger partial charge is 0.165 e. The van der Waals surface area contributed by atoms with Crippen molar-refractivity contribution in [1.82, 2.24) is 29.7 Å². The monoisotopic (exact) mass is 276 g/mol. The molecule has 3 heterocycles. The summed E-state index contributed by atoms with van der Waals surface area (Å²) >= 11 is 0. The summed E-state index contributed by atoms with van der Waals surface area (Å²) in [5.74, 6) is 0.638. The maximum absolute atomic E-state index is 4.59. The Balaban J connectivity index is 1.90. The van der Waals surface area contributed by atoms with E-state index in [4.69, 9.17) is 0 Å². The van der Waals surface area contributed by atoms with Gasteiger partial charge in [0.25, 0.3) is 0 Å². The number of aromatic nitrogens is 6. The fraction of sp³-hybridized carbons (Fsp3) is 0.0667. The molecular formula is C15H12N6. The number of imidazole rings is 1. The zero-order valence-electron chi connectivity index (χ0n) is 11.4. The summed E-state index contributed by atoms with van der Waals surface area (Å²) in [7, 11) is 1.92. The van der Waals surface area contributed by atoms with E-state index >= 15 is 0 Å². The second kappa shape index (κ2) is 4.52. The molecule has 0 atom stereocenters. The molecule has 21 heavy (non-hydrogen) atoms. The first-order valence-electron chi connectivity index (χ1n) is 6.56. The van der Waals surface area contributed by atoms with Crippen LogP contribution in [0.15, 0.2) is 49.1 Å². The number of aromatic amines is 1. The molecule has 1 N–H and O–H groups in total. The first-order chi connectivity index (χ1) is 10.3. The van der Waals surface area contributed by atoms with E-state index in [1.54, 1.807) is 18.7 Å². The molecule has 0 fully saturated rings. The number of hydrogen-bond donors (Lipinski definition) is 1. The van der Waals surface area contributed by atoms with Gasteiger partial charge in [0.2, 0.25) is 0 Å². The summed E-state index contributed by atoms with van der Waals surface area (Å²) in [5.41, 5.74) is 4.44. The van der Waals surface area contributed by atoms with Crippen molar-refractivity contribution in [3.63, 3.8) is 0 Å². The molecule has 0 unspecified atom stereocenters. The third kappa shape index (κ3) is 1.88. The molecule has 0 aliphatic heterocycles. The second-order valence-electron chi connectivity index (χ2n) is 4.78. The van der Waals surface area contributed by atoms with E-state index in [2.05, 4.69) is 25.1 Å². The summed E-state index contributed by atoms with van der Waals surface area (Å²) in [4.78, 5) is 13.2. The molecule has 4 aromatic rings. The Morgan fingerprint density at radius 2 is 1.90 bits per heavy atom. The molecule has 0 bridgehead atoms. The summed E-state index contributed by atoms with van der Waals surface area (Å²) in [6.07, 6.45) is 5.22. The van der Waals surface area contributed by atoms with Crippen LogP contribution in [-0.2, 0) is 7.05 Å². The van der Waals surface area contributed by atoms with E-state index in [9.17, 15) is 0 Å². The molecule has 0 aliphatic carbocycles. The van der Waals surface area contributed by atoms with Crippen molar-refractivity contribution in [2.24, 2.45) is 7.05 Å². The van der Waals surface area contributed by atoms with Gasteiger partial charge in [-0.2, -0.15) is 5.10 Å². The third-order valence-corrected chi connectivity index (χ3v) is 3.40. The van der Waals surface area contributed by atoms with E-state index in [1.807, 2.05) is 41.9 Å². The maximum Gasteiger partial charge on any atom is 0.165 e. The minimum absolute atomic E-state index is 0.638. The van der Waals surface area contributed by atoms with Gasteiger partial charge in [0.05, 0.1) is 30.0 Å². The van der Waals surface area contributed by atoms with E-state index in [-0.39, 0.29) is 0 Å². The molecule has 6 heteroatoms. The second-order valence-corrected chi connectivity index (χ2v) is 4.78. The number of fused-ring (bicyclic) bond motifs is 1. The van der Waals surface area contributed by atoms with Gasteiger partial charge in [0, 0.05) is 12.6 Å². The predicted molar refractivity (Wildman–Crippen MR) is 79.3 cm³/mol. The number of rotatable bonds is 2. The van der Waals surface area contributed by atoms with Crippen LogP contribution in [0.2, 0.25) is 0 Å². The Hall–Kier alpha value is -3.02. The van der Waals surface area contributed by atoms with Crippen LogP contribution in [0.25, 0.3) is 33.8 Å². The summed E-state index contributed by atoms with van der Waals surface area (Å²) in [6, 6.07) is 10.0. The van der Waals surface area contributed by atoms with Crippen molar-refractivity contribution in [3.8, 4) is 22.6 Å². The standard InChI is InChI=1S/C15H12N6/c1-21-9-17-12-8-16-14(19-15(12)21)11-7-18-20-13(11)10-5-3-2-4-6-10/h2-9H,1H3,(H,18,20). The quantitative estimate of drug-likeness (QED) is 0.610. The highest BCUT2D eigenvalue weighted by Crippen LogP contribution is 2.28. The van der Waals surface area contributed by atoms with Gasteiger partial charge in [-0.3, -0.25) is 5.10 Å². The molecule has 4 rings (SSSR count). The lowest BCUT2D eigenvalue weighted by atomic mass is 10.1. The Morgan fingerprint density at radius 1 is 1.05 bits per heavy atom. The molecule has 0 aliphatic rings. The number of hydrogen-bond acceptors (Lipinski definition) is 4. The molecule has 0 saturated carbocycles. The van der Waals surface area contributed by atoms with E-state index in [1.165, 1.54) is 0 Å². The van der Waals surface area contributed by atoms with Crippen LogP contribution in [0, 0.1) is 0 Å². The Kier molecular flexibility index (Phi) is 2.53. The van der Waals surface area contributed by atoms with Crippen molar-refractivity contribution in [1.29, 1.82) is 0 Å². The van der Waals surface area contributed by atoms with Crippen LogP contribution in [0.4, 0.5) is 0 Å². The minimum atomic E-state index is 0.638. The topological polar surface area (TPSA) is 72.3 Å². The van der Waals surface area contributed by atoms with E-state index in [0.29, 0.717) is 5.82 Å². The molecule has 0 spiro atoms. The summed E-state index contributed by atoms with van der Waals surface area (Å²) < 4.78 is 1.88. The fourth-order valence-corrected chi connectivity index (χ4v) is 2.33. The molecule has 3 aromatic heterocycles. The Bertz CT molecular complexity index is 906. The number of benzene rings is 1. The van der Waals surface area contributed by atoms with Crippen molar-refractivity contribution < 1.29 is 0 Å². The molecule has 1 aromatic carbocycles. The zero-order valence-corrected chi connectivity index (χ0v) is 11.4. The Labute approximate surface area is 120 Å². The first kappa shape index (κ1) is 11.8. The fourth-order valence-electron chi connectivity index (χ4n) is 2.33. The minimum Gasteiger partial charge on any atom is -0.318 e. The average Bonchev–Trinajstić information content (AvgIpc) is 3.15. The molecular weight excluding hydrogens is 264 g/mol. The van der Waals surface area contributed by atoms with Gasteiger partial charge in [-0.25, -0.2) is 15.0 Å². The lowest BCUT2D eigenvalue weighted by Gasteiger charge is -2.02. The van der Waals surface area contributed by atoms with Gasteiger partial charge in [-0.05, 0) is 0 Å². The first-order valence-corrected chi connectivity index (χ1v) is 6.56. The van der Waals surface area contributed by atoms with Crippen LogP contribution < -0.4 is 0 Å². The highest BCUT2D eigenvalue weighted by Gasteiger charge is 2.13. The van der Waals surface area contributed by atoms with Crippen molar-refractivity contribution in [2.75, 3.05) is 0 Å². The highest BCUT2D eigenvalue weighted by atomic mass is 15.1. The van der Waals surface area contributed by atoms with Crippen LogP contribution in [-0.4, -0.2) is 29.7 Å². The molecule has 0 saturated heterocycles. The van der Waals surface area contributed by atoms with Gasteiger partial charge < -0.3 is 4.57 Å². The van der Waals surface area contributed by atoms with Crippen LogP contribution >= 0.6 is 0 Å². The highest BCUT2D eigenvalue weighted by molar-refractivity contribution is 5.79. The summed E-state index contributed by atoms with van der Waals surface area (Å²) in [6.45, 7) is 0. The number of nitrogens with zero attached hydrogens (tertiary/aromatic N) is 5. The average molecular weight is 276 g/mol. The number of nitrogens with one attached hydrogen (secondary N) is 1. The van der Waals surface area contributed by atoms with E-state index < -0.39 is 0 Å². The number of aryl methyl sites for hydroxylation is 1. The van der Waals surface area contributed by atoms with Crippen molar-refractivity contribution >= 4 is 11.2 Å². The van der Waals surface area contributed by atoms with E-state index in [0.717, 1.165) is 28.0 Å². The Morgan fingerprint density at radius 3 is 2.76 bits per heavy atom. The number of H-pyrrole nitrogens is 1. The predicted octanol–water partition coefficient (Wildman–Crippen LogP) is 2.42. The zero-order chi connectivity index (χ0) is 14.2. The van der Waals surface area contributed by atoms with Gasteiger partial charge in [0.15, 0.2) is 11.5 Å². The molecule has 6 nitrogen and oxygen atoms in total.